The summed E-state index contributed by atoms with van der Waals surface area (Å²) in [6.07, 6.45) is 3.29. The van der Waals surface area contributed by atoms with Crippen molar-refractivity contribution < 1.29 is 4.39 Å². The molecule has 2 rings (SSSR count). The zero-order chi connectivity index (χ0) is 11.6. The topological polar surface area (TPSA) is 42.2 Å². The normalized spacial score (nSPS) is 26.9. The van der Waals surface area contributed by atoms with Crippen molar-refractivity contribution in [1.29, 1.82) is 0 Å². The van der Waals surface area contributed by atoms with Gasteiger partial charge in [-0.15, -0.1) is 0 Å². The number of likely N-dealkylation sites (tertiary alicyclic amines) is 1. The van der Waals surface area contributed by atoms with Crippen LogP contribution in [0.5, 0.6) is 0 Å². The van der Waals surface area contributed by atoms with Gasteiger partial charge in [0.2, 0.25) is 0 Å². The molecule has 1 saturated heterocycles. The maximum atomic E-state index is 13.8. The van der Waals surface area contributed by atoms with Crippen LogP contribution in [0.3, 0.4) is 0 Å². The lowest BCUT2D eigenvalue weighted by Gasteiger charge is -2.35. The van der Waals surface area contributed by atoms with E-state index in [1.54, 1.807) is 13.1 Å². The number of hydrogen-bond donors (Lipinski definition) is 1. The van der Waals surface area contributed by atoms with E-state index in [-0.39, 0.29) is 0 Å². The minimum Gasteiger partial charge on any atom is -0.384 e. The van der Waals surface area contributed by atoms with Gasteiger partial charge >= 0.3 is 0 Å². The molecular formula is C12H18FN3. The van der Waals surface area contributed by atoms with Gasteiger partial charge in [0.25, 0.3) is 0 Å². The van der Waals surface area contributed by atoms with Crippen molar-refractivity contribution in [2.24, 2.45) is 0 Å². The number of piperidine rings is 1. The van der Waals surface area contributed by atoms with Crippen LogP contribution in [0.1, 0.15) is 25.3 Å². The van der Waals surface area contributed by atoms with Crippen LogP contribution in [0, 0.1) is 0 Å². The van der Waals surface area contributed by atoms with Gasteiger partial charge in [-0.2, -0.15) is 0 Å². The Labute approximate surface area is 95.5 Å². The second-order valence-corrected chi connectivity index (χ2v) is 4.82. The van der Waals surface area contributed by atoms with Gasteiger partial charge in [-0.05, 0) is 44.0 Å². The average Bonchev–Trinajstić information content (AvgIpc) is 2.15. The first-order valence-corrected chi connectivity index (χ1v) is 5.67. The predicted octanol–water partition coefficient (Wildman–Crippen LogP) is 1.99. The van der Waals surface area contributed by atoms with Gasteiger partial charge in [-0.1, -0.05) is 0 Å². The highest BCUT2D eigenvalue weighted by Gasteiger charge is 2.30. The third-order valence-electron chi connectivity index (χ3n) is 2.98. The number of pyridine rings is 1. The van der Waals surface area contributed by atoms with Crippen molar-refractivity contribution in [1.82, 2.24) is 9.88 Å². The largest absolute Gasteiger partial charge is 0.384 e. The Morgan fingerprint density at radius 1 is 1.62 bits per heavy atom. The summed E-state index contributed by atoms with van der Waals surface area (Å²) in [4.78, 5) is 6.08. The fourth-order valence-corrected chi connectivity index (χ4v) is 2.28. The van der Waals surface area contributed by atoms with Gasteiger partial charge in [0.1, 0.15) is 11.5 Å². The summed E-state index contributed by atoms with van der Waals surface area (Å²) in [6, 6.07) is 3.78. The zero-order valence-corrected chi connectivity index (χ0v) is 9.62. The summed E-state index contributed by atoms with van der Waals surface area (Å²) in [5.41, 5.74) is 5.67. The number of aromatic nitrogens is 1. The van der Waals surface area contributed by atoms with E-state index in [9.17, 15) is 4.39 Å². The summed E-state index contributed by atoms with van der Waals surface area (Å²) in [5.74, 6) is 0.525. The highest BCUT2D eigenvalue weighted by atomic mass is 19.1. The predicted molar refractivity (Wildman–Crippen MR) is 62.7 cm³/mol. The lowest BCUT2D eigenvalue weighted by molar-refractivity contribution is 0.0563. The Bertz CT molecular complexity index is 365. The van der Waals surface area contributed by atoms with Gasteiger partial charge in [0.05, 0.1) is 0 Å². The van der Waals surface area contributed by atoms with Gasteiger partial charge in [0, 0.05) is 19.3 Å². The van der Waals surface area contributed by atoms with Crippen LogP contribution in [0.15, 0.2) is 18.3 Å². The van der Waals surface area contributed by atoms with Crippen LogP contribution in [0.2, 0.25) is 0 Å². The molecule has 0 aromatic carbocycles. The van der Waals surface area contributed by atoms with Crippen molar-refractivity contribution in [3.8, 4) is 0 Å². The standard InChI is InChI=1S/C12H18FN3/c1-12(13)4-2-6-16(9-12)8-10-3-5-15-11(14)7-10/h3,5,7H,2,4,6,8-9H2,1H3,(H2,14,15)/t12-/m0/s1. The summed E-state index contributed by atoms with van der Waals surface area (Å²) in [7, 11) is 0. The zero-order valence-electron chi connectivity index (χ0n) is 9.62. The molecule has 0 amide bonds. The van der Waals surface area contributed by atoms with Crippen molar-refractivity contribution >= 4 is 5.82 Å². The molecule has 0 spiro atoms. The van der Waals surface area contributed by atoms with E-state index in [0.29, 0.717) is 18.8 Å². The van der Waals surface area contributed by atoms with Crippen LogP contribution in [-0.4, -0.2) is 28.6 Å². The van der Waals surface area contributed by atoms with Crippen molar-refractivity contribution in [3.05, 3.63) is 23.9 Å². The van der Waals surface area contributed by atoms with Crippen LogP contribution in [0.4, 0.5) is 10.2 Å². The molecule has 0 unspecified atom stereocenters. The number of anilines is 1. The molecule has 1 atom stereocenters. The van der Waals surface area contributed by atoms with Crippen LogP contribution in [-0.2, 0) is 6.54 Å². The molecule has 1 aliphatic heterocycles. The molecule has 1 fully saturated rings. The van der Waals surface area contributed by atoms with Crippen LogP contribution in [0.25, 0.3) is 0 Å². The highest BCUT2D eigenvalue weighted by molar-refractivity contribution is 5.31. The van der Waals surface area contributed by atoms with Crippen LogP contribution < -0.4 is 5.73 Å². The Morgan fingerprint density at radius 2 is 2.44 bits per heavy atom. The fourth-order valence-electron chi connectivity index (χ4n) is 2.28. The Hall–Kier alpha value is -1.16. The maximum Gasteiger partial charge on any atom is 0.123 e. The first-order valence-electron chi connectivity index (χ1n) is 5.67. The number of nitrogens with zero attached hydrogens (tertiary/aromatic N) is 2. The number of rotatable bonds is 2. The van der Waals surface area contributed by atoms with E-state index in [0.717, 1.165) is 25.1 Å². The van der Waals surface area contributed by atoms with E-state index >= 15 is 0 Å². The third-order valence-corrected chi connectivity index (χ3v) is 2.98. The molecule has 2 heterocycles. The lowest BCUT2D eigenvalue weighted by Crippen LogP contribution is -2.42. The molecule has 88 valence electrons. The van der Waals surface area contributed by atoms with Gasteiger partial charge in [0.15, 0.2) is 0 Å². The van der Waals surface area contributed by atoms with E-state index in [2.05, 4.69) is 9.88 Å². The Kier molecular flexibility index (Phi) is 3.10. The molecule has 16 heavy (non-hydrogen) atoms. The number of nitrogen functional groups attached to an aromatic ring is 1. The second kappa shape index (κ2) is 4.37. The van der Waals surface area contributed by atoms with Gasteiger partial charge in [-0.25, -0.2) is 9.37 Å². The Morgan fingerprint density at radius 3 is 3.12 bits per heavy atom. The quantitative estimate of drug-likeness (QED) is 0.833. The monoisotopic (exact) mass is 223 g/mol. The molecule has 4 heteroatoms. The second-order valence-electron chi connectivity index (χ2n) is 4.82. The first-order chi connectivity index (χ1) is 7.55. The van der Waals surface area contributed by atoms with E-state index in [4.69, 9.17) is 5.73 Å². The molecular weight excluding hydrogens is 205 g/mol. The average molecular weight is 223 g/mol. The summed E-state index contributed by atoms with van der Waals surface area (Å²) in [5, 5.41) is 0. The molecule has 1 aromatic rings. The molecule has 0 radical (unpaired) electrons. The minimum absolute atomic E-state index is 0.509. The van der Waals surface area contributed by atoms with Crippen molar-refractivity contribution in [3.63, 3.8) is 0 Å². The number of hydrogen-bond acceptors (Lipinski definition) is 3. The molecule has 3 nitrogen and oxygen atoms in total. The fraction of sp³-hybridized carbons (Fsp3) is 0.583. The SMILES string of the molecule is C[C@]1(F)CCCN(Cc2ccnc(N)c2)C1. The molecule has 0 aliphatic carbocycles. The maximum absolute atomic E-state index is 13.8. The van der Waals surface area contributed by atoms with Crippen LogP contribution >= 0.6 is 0 Å². The number of nitrogens with two attached hydrogens (primary N) is 1. The van der Waals surface area contributed by atoms with E-state index in [1.807, 2.05) is 12.1 Å². The summed E-state index contributed by atoms with van der Waals surface area (Å²) >= 11 is 0. The third kappa shape index (κ3) is 2.92. The van der Waals surface area contributed by atoms with Crippen molar-refractivity contribution in [2.45, 2.75) is 32.0 Å². The molecule has 2 N–H and O–H groups in total. The highest BCUT2D eigenvalue weighted by Crippen LogP contribution is 2.25. The van der Waals surface area contributed by atoms with Gasteiger partial charge < -0.3 is 5.73 Å². The van der Waals surface area contributed by atoms with Gasteiger partial charge in [-0.3, -0.25) is 4.90 Å². The number of halogens is 1. The molecule has 0 bridgehead atoms. The summed E-state index contributed by atoms with van der Waals surface area (Å²) < 4.78 is 13.8. The lowest BCUT2D eigenvalue weighted by atomic mass is 9.96. The summed E-state index contributed by atoms with van der Waals surface area (Å²) in [6.45, 7) is 3.91. The first kappa shape index (κ1) is 11.3. The molecule has 0 saturated carbocycles. The molecule has 1 aliphatic rings. The van der Waals surface area contributed by atoms with E-state index < -0.39 is 5.67 Å². The molecule has 1 aromatic heterocycles. The smallest absolute Gasteiger partial charge is 0.123 e. The van der Waals surface area contributed by atoms with E-state index in [1.165, 1.54) is 0 Å². The Balaban J connectivity index is 1.99. The van der Waals surface area contributed by atoms with Crippen molar-refractivity contribution in [2.75, 3.05) is 18.8 Å². The minimum atomic E-state index is -1.04. The number of alkyl halides is 1.